The second-order valence-corrected chi connectivity index (χ2v) is 12.6. The van der Waals surface area contributed by atoms with Crippen LogP contribution in [0.3, 0.4) is 0 Å². The van der Waals surface area contributed by atoms with Crippen molar-refractivity contribution in [3.63, 3.8) is 0 Å². The van der Waals surface area contributed by atoms with Gasteiger partial charge in [0.2, 0.25) is 0 Å². The summed E-state index contributed by atoms with van der Waals surface area (Å²) < 4.78 is 86.4. The summed E-state index contributed by atoms with van der Waals surface area (Å²) in [6.45, 7) is 0. The number of fused-ring (bicyclic) bond motifs is 6. The topological polar surface area (TPSA) is 16.4 Å². The van der Waals surface area contributed by atoms with E-state index in [0.717, 1.165) is 60.2 Å². The van der Waals surface area contributed by atoms with Crippen molar-refractivity contribution in [3.05, 3.63) is 200 Å². The van der Waals surface area contributed by atoms with Crippen LogP contribution in [0.5, 0.6) is 0 Å². The molecule has 1 heterocycles. The lowest BCUT2D eigenvalue weighted by Gasteiger charge is -2.28. The molecule has 9 aromatic carbocycles. The molecule has 52 heavy (non-hydrogen) atoms. The highest BCUT2D eigenvalue weighted by molar-refractivity contribution is 6.19. The number of para-hydroxylation sites is 1. The summed E-state index contributed by atoms with van der Waals surface area (Å²) >= 11 is 0. The van der Waals surface area contributed by atoms with E-state index in [4.69, 9.17) is 11.3 Å². The van der Waals surface area contributed by atoms with Crippen molar-refractivity contribution in [1.29, 1.82) is 0 Å². The summed E-state index contributed by atoms with van der Waals surface area (Å²) in [4.78, 5) is 1.71. The van der Waals surface area contributed by atoms with Gasteiger partial charge < -0.3 is 9.32 Å². The molecule has 1 aromatic heterocycles. The minimum absolute atomic E-state index is 0.0771. The highest BCUT2D eigenvalue weighted by Gasteiger charge is 2.21. The first-order valence-corrected chi connectivity index (χ1v) is 17.0. The van der Waals surface area contributed by atoms with Gasteiger partial charge in [-0.2, -0.15) is 0 Å². The molecule has 0 aliphatic carbocycles. The van der Waals surface area contributed by atoms with Crippen molar-refractivity contribution >= 4 is 60.5 Å². The maximum absolute atomic E-state index is 9.58. The van der Waals surface area contributed by atoms with Crippen LogP contribution < -0.4 is 4.90 Å². The van der Waals surface area contributed by atoms with Crippen molar-refractivity contribution < 1.29 is 16.8 Å². The van der Waals surface area contributed by atoms with Gasteiger partial charge in [-0.05, 0) is 86.4 Å². The van der Waals surface area contributed by atoms with Gasteiger partial charge >= 0.3 is 0 Å². The highest BCUT2D eigenvalue weighted by Crippen LogP contribution is 2.46. The van der Waals surface area contributed by atoms with Crippen LogP contribution in [-0.4, -0.2) is 0 Å². The van der Waals surface area contributed by atoms with E-state index in [2.05, 4.69) is 36.4 Å². The number of rotatable bonds is 6. The third-order valence-corrected chi connectivity index (χ3v) is 9.63. The zero-order chi connectivity index (χ0) is 42.3. The number of hydrogen-bond donors (Lipinski definition) is 0. The van der Waals surface area contributed by atoms with Crippen molar-refractivity contribution in [2.75, 3.05) is 4.90 Å². The van der Waals surface area contributed by atoms with E-state index in [9.17, 15) is 5.48 Å². The van der Waals surface area contributed by atoms with Crippen LogP contribution in [0.1, 0.15) is 12.3 Å². The Morgan fingerprint density at radius 1 is 0.404 bits per heavy atom. The molecule has 0 unspecified atom stereocenters. The Hall–Kier alpha value is -6.90. The maximum atomic E-state index is 9.58. The van der Waals surface area contributed by atoms with E-state index >= 15 is 0 Å². The van der Waals surface area contributed by atoms with Gasteiger partial charge in [0.05, 0.1) is 18.0 Å². The Balaban J connectivity index is 1.24. The van der Waals surface area contributed by atoms with Crippen LogP contribution in [-0.2, 0) is 0 Å². The van der Waals surface area contributed by atoms with Gasteiger partial charge in [-0.25, -0.2) is 0 Å². The molecule has 0 aliphatic heterocycles. The van der Waals surface area contributed by atoms with Crippen LogP contribution in [0.25, 0.3) is 76.9 Å². The molecular formula is C50H33NO. The van der Waals surface area contributed by atoms with Gasteiger partial charge in [0, 0.05) is 33.1 Å². The lowest BCUT2D eigenvalue weighted by atomic mass is 9.95. The van der Waals surface area contributed by atoms with E-state index in [1.54, 1.807) is 4.90 Å². The molecule has 0 bridgehead atoms. The quantitative estimate of drug-likeness (QED) is 0.175. The van der Waals surface area contributed by atoms with Gasteiger partial charge in [-0.1, -0.05) is 158 Å². The van der Waals surface area contributed by atoms with Crippen molar-refractivity contribution in [3.8, 4) is 33.4 Å². The fourth-order valence-electron chi connectivity index (χ4n) is 7.25. The molecule has 2 heteroatoms. The first kappa shape index (κ1) is 22.0. The predicted octanol–water partition coefficient (Wildman–Crippen LogP) is 14.4. The molecule has 0 saturated heterocycles. The predicted molar refractivity (Wildman–Crippen MR) is 220 cm³/mol. The van der Waals surface area contributed by atoms with Gasteiger partial charge in [-0.3, -0.25) is 0 Å². The zero-order valence-electron chi connectivity index (χ0n) is 36.7. The van der Waals surface area contributed by atoms with E-state index in [-0.39, 0.29) is 11.3 Å². The van der Waals surface area contributed by atoms with E-state index in [1.807, 2.05) is 109 Å². The Morgan fingerprint density at radius 3 is 1.87 bits per heavy atom. The summed E-state index contributed by atoms with van der Waals surface area (Å²) in [5.74, 6) is 0. The molecule has 10 rings (SSSR count). The molecule has 2 nitrogen and oxygen atoms in total. The first-order valence-electron chi connectivity index (χ1n) is 21.5. The summed E-state index contributed by atoms with van der Waals surface area (Å²) in [5.41, 5.74) is 5.19. The number of anilines is 3. The summed E-state index contributed by atoms with van der Waals surface area (Å²) in [6.07, 6.45) is 0. The second-order valence-electron chi connectivity index (χ2n) is 12.6. The molecule has 0 radical (unpaired) electrons. The molecule has 244 valence electrons. The van der Waals surface area contributed by atoms with Crippen LogP contribution in [0, 0.1) is 0 Å². The molecule has 10 aromatic rings. The number of benzene rings is 9. The SMILES string of the molecule is [2H]c1c([2H])c([2H])c(-c2c([2H])c([2H])c(N(c3ccc(-c4cccc5ccccc45)cc3)c3ccccc3-c3cccc4oc5c6ccccc6ccc5c34)c([2H])c2[2H])c([2H])c1[2H]. The largest absolute Gasteiger partial charge is 0.455 e. The van der Waals surface area contributed by atoms with Gasteiger partial charge in [0.1, 0.15) is 11.2 Å². The van der Waals surface area contributed by atoms with E-state index < -0.39 is 59.9 Å². The molecule has 0 N–H and O–H groups in total. The van der Waals surface area contributed by atoms with E-state index in [1.165, 1.54) is 0 Å². The normalized spacial score (nSPS) is 13.9. The molecule has 0 fully saturated rings. The fourth-order valence-corrected chi connectivity index (χ4v) is 7.25. The molecule has 0 aliphatic rings. The third-order valence-electron chi connectivity index (χ3n) is 9.63. The van der Waals surface area contributed by atoms with Gasteiger partial charge in [0.25, 0.3) is 0 Å². The van der Waals surface area contributed by atoms with Crippen LogP contribution in [0.4, 0.5) is 17.1 Å². The highest BCUT2D eigenvalue weighted by atomic mass is 16.3. The molecular weight excluding hydrogens is 631 g/mol. The van der Waals surface area contributed by atoms with Crippen LogP contribution in [0.2, 0.25) is 0 Å². The minimum atomic E-state index is -0.632. The molecule has 0 spiro atoms. The van der Waals surface area contributed by atoms with Crippen molar-refractivity contribution in [1.82, 2.24) is 0 Å². The Labute approximate surface area is 315 Å². The molecule has 0 amide bonds. The molecule has 0 atom stereocenters. The first-order chi connectivity index (χ1) is 29.5. The number of furan rings is 1. The average Bonchev–Trinajstić information content (AvgIpc) is 3.69. The smallest absolute Gasteiger partial charge is 0.143 e. The van der Waals surface area contributed by atoms with Crippen molar-refractivity contribution in [2.24, 2.45) is 0 Å². The van der Waals surface area contributed by atoms with Crippen LogP contribution >= 0.6 is 0 Å². The lowest BCUT2D eigenvalue weighted by molar-refractivity contribution is 0.673. The minimum Gasteiger partial charge on any atom is -0.455 e. The zero-order valence-corrected chi connectivity index (χ0v) is 27.7. The lowest BCUT2D eigenvalue weighted by Crippen LogP contribution is -2.11. The van der Waals surface area contributed by atoms with Gasteiger partial charge in [0.15, 0.2) is 0 Å². The Kier molecular flexibility index (Phi) is 5.28. The molecule has 0 saturated carbocycles. The summed E-state index contributed by atoms with van der Waals surface area (Å²) in [7, 11) is 0. The number of nitrogens with zero attached hydrogens (tertiary/aromatic N) is 1. The monoisotopic (exact) mass is 672 g/mol. The average molecular weight is 673 g/mol. The standard InChI is InChI=1S/C50H33NO/c1-2-12-34(13-3-1)35-24-29-39(30-25-35)51(40-31-26-38(27-32-40)42-20-10-16-36-14-4-6-17-41(36)42)47-22-9-8-19-44(47)45-21-11-23-48-49(45)46-33-28-37-15-5-7-18-43(37)50(46)52-48/h1-33H/i1D,2D,3D,12D,13D,24D,25D,29D,30D. The summed E-state index contributed by atoms with van der Waals surface area (Å²) in [5, 5.41) is 5.98. The Bertz CT molecular complexity index is 3370. The van der Waals surface area contributed by atoms with Crippen LogP contribution in [0.15, 0.2) is 204 Å². The summed E-state index contributed by atoms with van der Waals surface area (Å²) in [6, 6.07) is 42.5. The van der Waals surface area contributed by atoms with Crippen molar-refractivity contribution in [2.45, 2.75) is 0 Å². The second kappa shape index (κ2) is 12.5. The third kappa shape index (κ3) is 5.04. The van der Waals surface area contributed by atoms with Gasteiger partial charge in [-0.15, -0.1) is 0 Å². The van der Waals surface area contributed by atoms with E-state index in [0.29, 0.717) is 17.0 Å². The fraction of sp³-hybridized carbons (Fsp3) is 0. The Morgan fingerprint density at radius 2 is 1.04 bits per heavy atom. The number of hydrogen-bond acceptors (Lipinski definition) is 2. The maximum Gasteiger partial charge on any atom is 0.143 e.